The molecule has 94 valence electrons. The Bertz CT molecular complexity index is 320. The van der Waals surface area contributed by atoms with E-state index in [1.165, 1.54) is 37.9 Å². The Balaban J connectivity index is 1.83. The van der Waals surface area contributed by atoms with E-state index in [-0.39, 0.29) is 0 Å². The van der Waals surface area contributed by atoms with Gasteiger partial charge in [0.2, 0.25) is 0 Å². The quantitative estimate of drug-likeness (QED) is 0.651. The van der Waals surface area contributed by atoms with Crippen LogP contribution in [0.2, 0.25) is 0 Å². The Morgan fingerprint density at radius 1 is 1.24 bits per heavy atom. The molecular formula is C13H19IN2S. The molecule has 1 aromatic carbocycles. The van der Waals surface area contributed by atoms with Gasteiger partial charge in [-0.05, 0) is 47.0 Å². The van der Waals surface area contributed by atoms with Crippen LogP contribution in [0.3, 0.4) is 0 Å². The molecule has 1 saturated heterocycles. The van der Waals surface area contributed by atoms with E-state index < -0.39 is 0 Å². The molecule has 1 fully saturated rings. The maximum Gasteiger partial charge on any atom is 0.0233 e. The van der Waals surface area contributed by atoms with Crippen LogP contribution in [0.4, 0.5) is 0 Å². The first-order valence-corrected chi connectivity index (χ1v) is 9.54. The number of rotatable bonds is 4. The third-order valence-electron chi connectivity index (χ3n) is 3.28. The Hall–Kier alpha value is 0.220. The largest absolute Gasteiger partial charge is 0.299 e. The molecule has 1 N–H and O–H groups in total. The molecule has 0 unspecified atom stereocenters. The van der Waals surface area contributed by atoms with Crippen molar-refractivity contribution in [1.29, 1.82) is 0 Å². The van der Waals surface area contributed by atoms with Gasteiger partial charge in [-0.1, -0.05) is 30.3 Å². The summed E-state index contributed by atoms with van der Waals surface area (Å²) >= 11 is 2.32. The highest BCUT2D eigenvalue weighted by molar-refractivity contribution is 14.2. The fourth-order valence-corrected chi connectivity index (χ4v) is 3.78. The molecule has 1 aliphatic heterocycles. The molecule has 2 rings (SSSR count). The summed E-state index contributed by atoms with van der Waals surface area (Å²) in [7, 11) is 1.72. The lowest BCUT2D eigenvalue weighted by Gasteiger charge is -2.20. The summed E-state index contributed by atoms with van der Waals surface area (Å²) in [5.41, 5.74) is 1.43. The standard InChI is InChI=1S/C13H19IN2S/c14-17-15-13-7-4-9-16(10-8-13)11-12-5-2-1-3-6-12/h1-3,5-6,13,15H,4,7-11H2/t13-/m0/s1. The van der Waals surface area contributed by atoms with Gasteiger partial charge in [0, 0.05) is 33.8 Å². The number of hydrogen-bond acceptors (Lipinski definition) is 3. The molecule has 17 heavy (non-hydrogen) atoms. The maximum absolute atomic E-state index is 3.49. The van der Waals surface area contributed by atoms with Crippen LogP contribution in [-0.4, -0.2) is 24.0 Å². The first-order chi connectivity index (χ1) is 8.38. The van der Waals surface area contributed by atoms with Crippen molar-refractivity contribution in [3.63, 3.8) is 0 Å². The van der Waals surface area contributed by atoms with E-state index in [2.05, 4.69) is 61.2 Å². The molecule has 1 aromatic rings. The van der Waals surface area contributed by atoms with Gasteiger partial charge < -0.3 is 0 Å². The van der Waals surface area contributed by atoms with E-state index in [1.807, 2.05) is 0 Å². The van der Waals surface area contributed by atoms with E-state index in [4.69, 9.17) is 0 Å². The second kappa shape index (κ2) is 7.61. The topological polar surface area (TPSA) is 15.3 Å². The van der Waals surface area contributed by atoms with Crippen molar-refractivity contribution in [3.8, 4) is 0 Å². The Kier molecular flexibility index (Phi) is 6.11. The van der Waals surface area contributed by atoms with Gasteiger partial charge in [0.05, 0.1) is 0 Å². The van der Waals surface area contributed by atoms with Crippen LogP contribution in [0.5, 0.6) is 0 Å². The van der Waals surface area contributed by atoms with Gasteiger partial charge in [0.1, 0.15) is 0 Å². The molecule has 1 atom stereocenters. The Morgan fingerprint density at radius 3 is 2.82 bits per heavy atom. The highest BCUT2D eigenvalue weighted by Crippen LogP contribution is 2.17. The fraction of sp³-hybridized carbons (Fsp3) is 0.538. The summed E-state index contributed by atoms with van der Waals surface area (Å²) < 4.78 is 3.49. The second-order valence-corrected chi connectivity index (χ2v) is 6.30. The Labute approximate surface area is 120 Å². The number of hydrogen-bond donors (Lipinski definition) is 1. The van der Waals surface area contributed by atoms with Crippen LogP contribution in [0, 0.1) is 0 Å². The normalized spacial score (nSPS) is 22.3. The highest BCUT2D eigenvalue weighted by Gasteiger charge is 2.16. The molecular weight excluding hydrogens is 343 g/mol. The summed E-state index contributed by atoms with van der Waals surface area (Å²) in [5, 5.41) is 0. The molecule has 1 aliphatic rings. The predicted molar refractivity (Wildman–Crippen MR) is 84.1 cm³/mol. The van der Waals surface area contributed by atoms with E-state index in [1.54, 1.807) is 9.12 Å². The lowest BCUT2D eigenvalue weighted by Crippen LogP contribution is -2.26. The molecule has 0 radical (unpaired) electrons. The number of likely N-dealkylation sites (tertiary alicyclic amines) is 1. The predicted octanol–water partition coefficient (Wildman–Crippen LogP) is 3.63. The van der Waals surface area contributed by atoms with Crippen LogP contribution in [0.15, 0.2) is 30.3 Å². The molecule has 1 heterocycles. The number of nitrogens with zero attached hydrogens (tertiary/aromatic N) is 1. The summed E-state index contributed by atoms with van der Waals surface area (Å²) in [6, 6.07) is 11.5. The third kappa shape index (κ3) is 4.77. The fourth-order valence-electron chi connectivity index (χ4n) is 2.34. The van der Waals surface area contributed by atoms with Crippen molar-refractivity contribution >= 4 is 30.3 Å². The Morgan fingerprint density at radius 2 is 2.06 bits per heavy atom. The van der Waals surface area contributed by atoms with Crippen molar-refractivity contribution < 1.29 is 0 Å². The van der Waals surface area contributed by atoms with Crippen molar-refractivity contribution in [2.75, 3.05) is 13.1 Å². The average Bonchev–Trinajstić information content (AvgIpc) is 2.57. The molecule has 0 spiro atoms. The van der Waals surface area contributed by atoms with E-state index in [0.717, 1.165) is 6.54 Å². The molecule has 2 nitrogen and oxygen atoms in total. The van der Waals surface area contributed by atoms with Crippen molar-refractivity contribution in [2.24, 2.45) is 0 Å². The first-order valence-electron chi connectivity index (χ1n) is 6.18. The zero-order valence-corrected chi connectivity index (χ0v) is 12.9. The zero-order chi connectivity index (χ0) is 11.9. The van der Waals surface area contributed by atoms with Crippen LogP contribution in [0.1, 0.15) is 24.8 Å². The molecule has 0 aromatic heterocycles. The van der Waals surface area contributed by atoms with Gasteiger partial charge in [-0.2, -0.15) is 0 Å². The summed E-state index contributed by atoms with van der Waals surface area (Å²) in [6.07, 6.45) is 3.88. The maximum atomic E-state index is 3.49. The van der Waals surface area contributed by atoms with Crippen molar-refractivity contribution in [3.05, 3.63) is 35.9 Å². The summed E-state index contributed by atoms with van der Waals surface area (Å²) in [4.78, 5) is 2.58. The lowest BCUT2D eigenvalue weighted by molar-refractivity contribution is 0.275. The van der Waals surface area contributed by atoms with Gasteiger partial charge >= 0.3 is 0 Å². The average molecular weight is 362 g/mol. The van der Waals surface area contributed by atoms with Gasteiger partial charge in [-0.3, -0.25) is 9.62 Å². The lowest BCUT2D eigenvalue weighted by atomic mass is 10.1. The monoisotopic (exact) mass is 362 g/mol. The van der Waals surface area contributed by atoms with Crippen LogP contribution < -0.4 is 4.72 Å². The van der Waals surface area contributed by atoms with Crippen LogP contribution >= 0.6 is 30.3 Å². The van der Waals surface area contributed by atoms with Gasteiger partial charge in [0.15, 0.2) is 0 Å². The number of benzene rings is 1. The van der Waals surface area contributed by atoms with E-state index in [9.17, 15) is 0 Å². The highest BCUT2D eigenvalue weighted by atomic mass is 127. The second-order valence-electron chi connectivity index (χ2n) is 4.58. The SMILES string of the molecule is ISN[C@H]1CCCN(Cc2ccccc2)CC1. The third-order valence-corrected chi connectivity index (χ3v) is 4.47. The number of nitrogens with one attached hydrogen (secondary N) is 1. The molecule has 0 amide bonds. The van der Waals surface area contributed by atoms with E-state index in [0.29, 0.717) is 6.04 Å². The molecule has 0 aliphatic carbocycles. The van der Waals surface area contributed by atoms with Gasteiger partial charge in [-0.25, -0.2) is 0 Å². The minimum absolute atomic E-state index is 0.692. The summed E-state index contributed by atoms with van der Waals surface area (Å²) in [6.45, 7) is 3.55. The van der Waals surface area contributed by atoms with Crippen LogP contribution in [-0.2, 0) is 6.54 Å². The molecule has 0 saturated carbocycles. The summed E-state index contributed by atoms with van der Waals surface area (Å²) in [5.74, 6) is 0. The zero-order valence-electron chi connectivity index (χ0n) is 9.94. The minimum Gasteiger partial charge on any atom is -0.299 e. The number of halogens is 1. The molecule has 0 bridgehead atoms. The van der Waals surface area contributed by atoms with Crippen molar-refractivity contribution in [2.45, 2.75) is 31.8 Å². The van der Waals surface area contributed by atoms with Gasteiger partial charge in [0.25, 0.3) is 0 Å². The van der Waals surface area contributed by atoms with Crippen LogP contribution in [0.25, 0.3) is 0 Å². The first kappa shape index (κ1) is 13.6. The molecule has 4 heteroatoms. The smallest absolute Gasteiger partial charge is 0.0233 e. The minimum atomic E-state index is 0.692. The van der Waals surface area contributed by atoms with Crippen molar-refractivity contribution in [1.82, 2.24) is 9.62 Å². The van der Waals surface area contributed by atoms with E-state index >= 15 is 0 Å². The van der Waals surface area contributed by atoms with Gasteiger partial charge in [-0.15, -0.1) is 0 Å².